The van der Waals surface area contributed by atoms with Crippen LogP contribution in [-0.2, 0) is 13.6 Å². The van der Waals surface area contributed by atoms with Gasteiger partial charge in [0.2, 0.25) is 0 Å². The molecule has 0 fully saturated rings. The van der Waals surface area contributed by atoms with Gasteiger partial charge in [-0.05, 0) is 25.8 Å². The summed E-state index contributed by atoms with van der Waals surface area (Å²) in [5.41, 5.74) is 2.87. The highest BCUT2D eigenvalue weighted by molar-refractivity contribution is 5.74. The predicted octanol–water partition coefficient (Wildman–Crippen LogP) is 2.04. The number of hydrogen-bond acceptors (Lipinski definition) is 3. The Hall–Kier alpha value is -2.34. The highest BCUT2D eigenvalue weighted by Crippen LogP contribution is 2.17. The SMILES string of the molecule is Cc1c(CNC(=O)NC(C)CC(O)c2ccccc2)cnn1C. The molecule has 23 heavy (non-hydrogen) atoms. The van der Waals surface area contributed by atoms with Crippen LogP contribution >= 0.6 is 0 Å². The van der Waals surface area contributed by atoms with Gasteiger partial charge in [-0.3, -0.25) is 4.68 Å². The summed E-state index contributed by atoms with van der Waals surface area (Å²) in [4.78, 5) is 11.9. The van der Waals surface area contributed by atoms with E-state index in [4.69, 9.17) is 0 Å². The molecule has 0 aliphatic rings. The molecule has 0 aliphatic carbocycles. The lowest BCUT2D eigenvalue weighted by molar-refractivity contribution is 0.154. The summed E-state index contributed by atoms with van der Waals surface area (Å²) in [6.45, 7) is 4.27. The van der Waals surface area contributed by atoms with Crippen LogP contribution in [0.1, 0.15) is 36.3 Å². The van der Waals surface area contributed by atoms with E-state index in [0.717, 1.165) is 16.8 Å². The van der Waals surface area contributed by atoms with Crippen LogP contribution in [0.2, 0.25) is 0 Å². The number of aryl methyl sites for hydroxylation is 1. The third-order valence-corrected chi connectivity index (χ3v) is 3.91. The van der Waals surface area contributed by atoms with Crippen molar-refractivity contribution >= 4 is 6.03 Å². The molecular formula is C17H24N4O2. The van der Waals surface area contributed by atoms with Crippen LogP contribution in [0.15, 0.2) is 36.5 Å². The number of hydrogen-bond donors (Lipinski definition) is 3. The number of aromatic nitrogens is 2. The van der Waals surface area contributed by atoms with E-state index in [1.807, 2.05) is 51.2 Å². The molecule has 2 aromatic rings. The smallest absolute Gasteiger partial charge is 0.315 e. The van der Waals surface area contributed by atoms with Crippen LogP contribution in [-0.4, -0.2) is 27.0 Å². The summed E-state index contributed by atoms with van der Waals surface area (Å²) >= 11 is 0. The highest BCUT2D eigenvalue weighted by atomic mass is 16.3. The molecule has 2 rings (SSSR count). The van der Waals surface area contributed by atoms with Gasteiger partial charge in [0.1, 0.15) is 0 Å². The Bertz CT molecular complexity index is 639. The molecule has 1 aromatic heterocycles. The average Bonchev–Trinajstić information content (AvgIpc) is 2.85. The summed E-state index contributed by atoms with van der Waals surface area (Å²) < 4.78 is 1.77. The number of aliphatic hydroxyl groups is 1. The van der Waals surface area contributed by atoms with Crippen LogP contribution in [0.5, 0.6) is 0 Å². The number of benzene rings is 1. The number of amides is 2. The minimum atomic E-state index is -0.591. The number of urea groups is 1. The van der Waals surface area contributed by atoms with Crippen molar-refractivity contribution < 1.29 is 9.90 Å². The van der Waals surface area contributed by atoms with Gasteiger partial charge in [0.25, 0.3) is 0 Å². The van der Waals surface area contributed by atoms with Gasteiger partial charge in [-0.1, -0.05) is 30.3 Å². The van der Waals surface area contributed by atoms with Crippen LogP contribution < -0.4 is 10.6 Å². The van der Waals surface area contributed by atoms with Crippen molar-refractivity contribution in [1.29, 1.82) is 0 Å². The molecule has 2 amide bonds. The molecule has 0 spiro atoms. The van der Waals surface area contributed by atoms with Crippen LogP contribution in [0.4, 0.5) is 4.79 Å². The Kier molecular flexibility index (Phi) is 5.76. The third-order valence-electron chi connectivity index (χ3n) is 3.91. The second-order valence-corrected chi connectivity index (χ2v) is 5.77. The van der Waals surface area contributed by atoms with E-state index in [2.05, 4.69) is 15.7 Å². The van der Waals surface area contributed by atoms with Crippen LogP contribution in [0.3, 0.4) is 0 Å². The number of nitrogens with zero attached hydrogens (tertiary/aromatic N) is 2. The van der Waals surface area contributed by atoms with Crippen molar-refractivity contribution in [2.45, 2.75) is 39.0 Å². The third kappa shape index (κ3) is 4.82. The molecule has 0 bridgehead atoms. The molecule has 0 saturated carbocycles. The monoisotopic (exact) mass is 316 g/mol. The Morgan fingerprint density at radius 2 is 2.04 bits per heavy atom. The molecule has 6 nitrogen and oxygen atoms in total. The van der Waals surface area contributed by atoms with E-state index in [-0.39, 0.29) is 12.1 Å². The van der Waals surface area contributed by atoms with E-state index in [9.17, 15) is 9.90 Å². The van der Waals surface area contributed by atoms with Crippen molar-refractivity contribution in [3.05, 3.63) is 53.3 Å². The second-order valence-electron chi connectivity index (χ2n) is 5.77. The van der Waals surface area contributed by atoms with Gasteiger partial charge in [-0.15, -0.1) is 0 Å². The molecule has 124 valence electrons. The molecule has 2 unspecified atom stereocenters. The summed E-state index contributed by atoms with van der Waals surface area (Å²) in [5, 5.41) is 20.0. The lowest BCUT2D eigenvalue weighted by atomic mass is 10.0. The van der Waals surface area contributed by atoms with Gasteiger partial charge >= 0.3 is 6.03 Å². The molecular weight excluding hydrogens is 292 g/mol. The van der Waals surface area contributed by atoms with E-state index >= 15 is 0 Å². The minimum Gasteiger partial charge on any atom is -0.388 e. The zero-order chi connectivity index (χ0) is 16.8. The number of nitrogens with one attached hydrogen (secondary N) is 2. The first-order valence-corrected chi connectivity index (χ1v) is 7.72. The topological polar surface area (TPSA) is 79.2 Å². The number of carbonyl (C=O) groups excluding carboxylic acids is 1. The summed E-state index contributed by atoms with van der Waals surface area (Å²) in [5.74, 6) is 0. The fourth-order valence-corrected chi connectivity index (χ4v) is 2.37. The first-order valence-electron chi connectivity index (χ1n) is 7.72. The Balaban J connectivity index is 1.77. The fourth-order valence-electron chi connectivity index (χ4n) is 2.37. The minimum absolute atomic E-state index is 0.139. The van der Waals surface area contributed by atoms with Gasteiger partial charge < -0.3 is 15.7 Å². The zero-order valence-corrected chi connectivity index (χ0v) is 13.8. The lowest BCUT2D eigenvalue weighted by Gasteiger charge is -2.18. The molecule has 3 N–H and O–H groups in total. The normalized spacial score (nSPS) is 13.4. The van der Waals surface area contributed by atoms with Crippen molar-refractivity contribution in [2.75, 3.05) is 0 Å². The number of carbonyl (C=O) groups is 1. The van der Waals surface area contributed by atoms with E-state index in [1.165, 1.54) is 0 Å². The van der Waals surface area contributed by atoms with Gasteiger partial charge in [-0.25, -0.2) is 4.79 Å². The maximum atomic E-state index is 11.9. The van der Waals surface area contributed by atoms with Gasteiger partial charge in [-0.2, -0.15) is 5.10 Å². The summed E-state index contributed by atoms with van der Waals surface area (Å²) in [6.07, 6.45) is 1.62. The maximum absolute atomic E-state index is 11.9. The first-order chi connectivity index (χ1) is 11.0. The van der Waals surface area contributed by atoms with Crippen molar-refractivity contribution in [1.82, 2.24) is 20.4 Å². The van der Waals surface area contributed by atoms with Gasteiger partial charge in [0.15, 0.2) is 0 Å². The van der Waals surface area contributed by atoms with E-state index < -0.39 is 6.10 Å². The lowest BCUT2D eigenvalue weighted by Crippen LogP contribution is -2.41. The molecule has 2 atom stereocenters. The van der Waals surface area contributed by atoms with E-state index in [1.54, 1.807) is 10.9 Å². The van der Waals surface area contributed by atoms with Crippen molar-refractivity contribution in [2.24, 2.45) is 7.05 Å². The Labute approximate surface area is 136 Å². The standard InChI is InChI=1S/C17H24N4O2/c1-12(9-16(22)14-7-5-4-6-8-14)20-17(23)18-10-15-11-19-21(3)13(15)2/h4-8,11-12,16,22H,9-10H2,1-3H3,(H2,18,20,23). The fraction of sp³-hybridized carbons (Fsp3) is 0.412. The molecule has 1 aromatic carbocycles. The Morgan fingerprint density at radius 1 is 1.35 bits per heavy atom. The number of aliphatic hydroxyl groups excluding tert-OH is 1. The van der Waals surface area contributed by atoms with Crippen LogP contribution in [0, 0.1) is 6.92 Å². The average molecular weight is 316 g/mol. The number of rotatable bonds is 6. The van der Waals surface area contributed by atoms with Crippen LogP contribution in [0.25, 0.3) is 0 Å². The molecule has 0 aliphatic heterocycles. The zero-order valence-electron chi connectivity index (χ0n) is 13.8. The highest BCUT2D eigenvalue weighted by Gasteiger charge is 2.14. The quantitative estimate of drug-likeness (QED) is 0.763. The summed E-state index contributed by atoms with van der Waals surface area (Å²) in [7, 11) is 1.87. The molecule has 6 heteroatoms. The van der Waals surface area contributed by atoms with Crippen molar-refractivity contribution in [3.8, 4) is 0 Å². The predicted molar refractivity (Wildman–Crippen MR) is 88.8 cm³/mol. The van der Waals surface area contributed by atoms with Crippen molar-refractivity contribution in [3.63, 3.8) is 0 Å². The van der Waals surface area contributed by atoms with Gasteiger partial charge in [0, 0.05) is 30.9 Å². The molecule has 0 radical (unpaired) electrons. The molecule has 1 heterocycles. The molecule has 0 saturated heterocycles. The first kappa shape index (κ1) is 17.0. The maximum Gasteiger partial charge on any atom is 0.315 e. The largest absolute Gasteiger partial charge is 0.388 e. The summed E-state index contributed by atoms with van der Waals surface area (Å²) in [6, 6.07) is 9.05. The second kappa shape index (κ2) is 7.78. The van der Waals surface area contributed by atoms with Gasteiger partial charge in [0.05, 0.1) is 12.3 Å². The Morgan fingerprint density at radius 3 is 2.65 bits per heavy atom. The van der Waals surface area contributed by atoms with E-state index in [0.29, 0.717) is 13.0 Å².